The molecule has 0 saturated carbocycles. The second-order valence-corrected chi connectivity index (χ2v) is 5.96. The van der Waals surface area contributed by atoms with E-state index in [1.807, 2.05) is 6.92 Å². The van der Waals surface area contributed by atoms with Gasteiger partial charge in [-0.05, 0) is 31.0 Å². The molecule has 1 aromatic carbocycles. The summed E-state index contributed by atoms with van der Waals surface area (Å²) >= 11 is 0. The highest BCUT2D eigenvalue weighted by Crippen LogP contribution is 2.20. The summed E-state index contributed by atoms with van der Waals surface area (Å²) in [6.07, 6.45) is -3.61. The number of likely N-dealkylation sites (tertiary alicyclic amines) is 1. The Morgan fingerprint density at radius 2 is 2.16 bits per heavy atom. The van der Waals surface area contributed by atoms with Gasteiger partial charge in [0, 0.05) is 25.7 Å². The van der Waals surface area contributed by atoms with Crippen LogP contribution in [0.3, 0.4) is 0 Å². The lowest BCUT2D eigenvalue weighted by Crippen LogP contribution is -2.45. The Balaban J connectivity index is 1.93. The summed E-state index contributed by atoms with van der Waals surface area (Å²) in [5.74, 6) is -0.674. The third-order valence-electron chi connectivity index (χ3n) is 3.79. The van der Waals surface area contributed by atoms with Gasteiger partial charge >= 0.3 is 6.18 Å². The number of hydrogen-bond acceptors (Lipinski definition) is 3. The lowest BCUT2D eigenvalue weighted by molar-refractivity contribution is -0.143. The highest BCUT2D eigenvalue weighted by molar-refractivity contribution is 5.80. The summed E-state index contributed by atoms with van der Waals surface area (Å²) in [6.45, 7) is 2.41. The zero-order valence-corrected chi connectivity index (χ0v) is 13.9. The van der Waals surface area contributed by atoms with Gasteiger partial charge < -0.3 is 15.7 Å². The van der Waals surface area contributed by atoms with E-state index in [0.717, 1.165) is 0 Å². The van der Waals surface area contributed by atoms with E-state index in [2.05, 4.69) is 15.6 Å². The second kappa shape index (κ2) is 8.37. The van der Waals surface area contributed by atoms with Gasteiger partial charge in [-0.15, -0.1) is 0 Å². The van der Waals surface area contributed by atoms with Crippen molar-refractivity contribution in [3.05, 3.63) is 29.6 Å². The highest BCUT2D eigenvalue weighted by atomic mass is 19.4. The number of hydrogen-bond donors (Lipinski definition) is 3. The third-order valence-corrected chi connectivity index (χ3v) is 3.79. The van der Waals surface area contributed by atoms with Crippen molar-refractivity contribution in [3.8, 4) is 5.75 Å². The summed E-state index contributed by atoms with van der Waals surface area (Å²) in [4.78, 5) is 5.68. The van der Waals surface area contributed by atoms with Crippen LogP contribution in [-0.2, 0) is 6.54 Å². The molecule has 0 radical (unpaired) electrons. The van der Waals surface area contributed by atoms with Crippen molar-refractivity contribution < 1.29 is 22.7 Å². The number of aromatic hydroxyl groups is 1. The quantitative estimate of drug-likeness (QED) is 0.427. The van der Waals surface area contributed by atoms with Crippen molar-refractivity contribution in [2.24, 2.45) is 4.99 Å². The number of aliphatic imine (C=N–C) groups is 1. The van der Waals surface area contributed by atoms with Crippen molar-refractivity contribution in [1.29, 1.82) is 0 Å². The summed E-state index contributed by atoms with van der Waals surface area (Å²) in [5.41, 5.74) is 0.581. The molecule has 1 aromatic rings. The number of phenolic OH excluding ortho intramolecular Hbond substituents is 1. The van der Waals surface area contributed by atoms with E-state index in [1.165, 1.54) is 17.0 Å². The summed E-state index contributed by atoms with van der Waals surface area (Å²) in [7, 11) is 0. The number of nitrogens with zero attached hydrogens (tertiary/aromatic N) is 2. The van der Waals surface area contributed by atoms with Gasteiger partial charge in [0.25, 0.3) is 0 Å². The van der Waals surface area contributed by atoms with E-state index in [4.69, 9.17) is 0 Å². The van der Waals surface area contributed by atoms with Gasteiger partial charge in [-0.3, -0.25) is 4.90 Å². The first-order valence-electron chi connectivity index (χ1n) is 8.08. The number of rotatable bonds is 5. The maximum atomic E-state index is 13.3. The zero-order valence-electron chi connectivity index (χ0n) is 13.9. The molecule has 0 aliphatic carbocycles. The van der Waals surface area contributed by atoms with Crippen LogP contribution in [0.2, 0.25) is 0 Å². The molecule has 0 spiro atoms. The molecule has 3 N–H and O–H groups in total. The summed E-state index contributed by atoms with van der Waals surface area (Å²) < 4.78 is 50.7. The lowest BCUT2D eigenvalue weighted by atomic mass is 10.2. The van der Waals surface area contributed by atoms with Gasteiger partial charge in [-0.25, -0.2) is 9.38 Å². The van der Waals surface area contributed by atoms with E-state index in [1.54, 1.807) is 6.07 Å². The fraction of sp³-hybridized carbons (Fsp3) is 0.562. The van der Waals surface area contributed by atoms with Crippen molar-refractivity contribution in [2.45, 2.75) is 32.1 Å². The Hall–Kier alpha value is -2.03. The van der Waals surface area contributed by atoms with Gasteiger partial charge in [-0.1, -0.05) is 6.07 Å². The van der Waals surface area contributed by atoms with E-state index in [9.17, 15) is 22.7 Å². The predicted molar refractivity (Wildman–Crippen MR) is 86.9 cm³/mol. The molecule has 1 aliphatic rings. The van der Waals surface area contributed by atoms with Crippen LogP contribution in [0.4, 0.5) is 17.6 Å². The first-order chi connectivity index (χ1) is 11.8. The van der Waals surface area contributed by atoms with E-state index in [0.29, 0.717) is 31.0 Å². The smallest absolute Gasteiger partial charge is 0.401 e. The number of alkyl halides is 3. The molecule has 1 aliphatic heterocycles. The Labute approximate surface area is 143 Å². The number of benzene rings is 1. The minimum atomic E-state index is -4.20. The largest absolute Gasteiger partial charge is 0.505 e. The SMILES string of the molecule is CCNC(=NCc1ccc(O)c(F)c1)NC1CCN(CC(F)(F)F)C1. The van der Waals surface area contributed by atoms with Crippen LogP contribution in [0.5, 0.6) is 5.75 Å². The molecule has 25 heavy (non-hydrogen) atoms. The van der Waals surface area contributed by atoms with Crippen LogP contribution in [0.15, 0.2) is 23.2 Å². The van der Waals surface area contributed by atoms with Crippen molar-refractivity contribution in [3.63, 3.8) is 0 Å². The fourth-order valence-electron chi connectivity index (χ4n) is 2.68. The molecule has 1 saturated heterocycles. The average molecular weight is 362 g/mol. The Morgan fingerprint density at radius 1 is 1.40 bits per heavy atom. The molecule has 0 aromatic heterocycles. The van der Waals surface area contributed by atoms with Gasteiger partial charge in [0.1, 0.15) is 0 Å². The molecule has 1 heterocycles. The monoisotopic (exact) mass is 362 g/mol. The fourth-order valence-corrected chi connectivity index (χ4v) is 2.68. The first-order valence-corrected chi connectivity index (χ1v) is 8.08. The molecule has 140 valence electrons. The maximum absolute atomic E-state index is 13.3. The number of halogens is 4. The van der Waals surface area contributed by atoms with Crippen LogP contribution in [0.1, 0.15) is 18.9 Å². The van der Waals surface area contributed by atoms with Crippen LogP contribution in [-0.4, -0.2) is 54.4 Å². The molecular weight excluding hydrogens is 340 g/mol. The van der Waals surface area contributed by atoms with E-state index < -0.39 is 24.3 Å². The maximum Gasteiger partial charge on any atom is 0.401 e. The van der Waals surface area contributed by atoms with Gasteiger partial charge in [-0.2, -0.15) is 13.2 Å². The van der Waals surface area contributed by atoms with Crippen LogP contribution in [0.25, 0.3) is 0 Å². The normalized spacial score (nSPS) is 19.2. The molecule has 1 fully saturated rings. The molecular formula is C16H22F4N4O. The zero-order chi connectivity index (χ0) is 18.4. The molecule has 9 heteroatoms. The van der Waals surface area contributed by atoms with E-state index >= 15 is 0 Å². The Kier molecular flexibility index (Phi) is 6.46. The van der Waals surface area contributed by atoms with Crippen LogP contribution in [0, 0.1) is 5.82 Å². The number of guanidine groups is 1. The highest BCUT2D eigenvalue weighted by Gasteiger charge is 2.34. The summed E-state index contributed by atoms with van der Waals surface area (Å²) in [5, 5.41) is 15.3. The first kappa shape index (κ1) is 19.3. The van der Waals surface area contributed by atoms with Crippen molar-refractivity contribution >= 4 is 5.96 Å². The number of nitrogens with one attached hydrogen (secondary N) is 2. The van der Waals surface area contributed by atoms with Gasteiger partial charge in [0.15, 0.2) is 17.5 Å². The molecule has 0 amide bonds. The third kappa shape index (κ3) is 6.41. The standard InChI is InChI=1S/C16H22F4N4O/c1-2-21-15(22-8-11-3-4-14(25)13(17)7-11)23-12-5-6-24(9-12)10-16(18,19)20/h3-4,7,12,25H,2,5-6,8-10H2,1H3,(H2,21,22,23). The molecule has 0 bridgehead atoms. The average Bonchev–Trinajstić information content (AvgIpc) is 2.93. The van der Waals surface area contributed by atoms with E-state index in [-0.39, 0.29) is 19.1 Å². The minimum absolute atomic E-state index is 0.128. The van der Waals surface area contributed by atoms with Crippen LogP contribution < -0.4 is 10.6 Å². The Bertz CT molecular complexity index is 606. The Morgan fingerprint density at radius 3 is 2.80 bits per heavy atom. The molecule has 5 nitrogen and oxygen atoms in total. The van der Waals surface area contributed by atoms with Crippen molar-refractivity contribution in [2.75, 3.05) is 26.2 Å². The molecule has 2 rings (SSSR count). The van der Waals surface area contributed by atoms with Gasteiger partial charge in [0.2, 0.25) is 0 Å². The van der Waals surface area contributed by atoms with Crippen molar-refractivity contribution in [1.82, 2.24) is 15.5 Å². The topological polar surface area (TPSA) is 59.9 Å². The van der Waals surface area contributed by atoms with Crippen LogP contribution >= 0.6 is 0 Å². The van der Waals surface area contributed by atoms with Gasteiger partial charge in [0.05, 0.1) is 13.1 Å². The number of phenols is 1. The molecule has 1 unspecified atom stereocenters. The molecule has 1 atom stereocenters. The second-order valence-electron chi connectivity index (χ2n) is 5.96. The predicted octanol–water partition coefficient (Wildman–Crippen LogP) is 2.22. The summed E-state index contributed by atoms with van der Waals surface area (Å²) in [6, 6.07) is 3.89. The lowest BCUT2D eigenvalue weighted by Gasteiger charge is -2.19. The minimum Gasteiger partial charge on any atom is -0.505 e.